The molecule has 18 heavy (non-hydrogen) atoms. The molecule has 2 aromatic heterocycles. The maximum atomic E-state index is 12.1. The van der Waals surface area contributed by atoms with Gasteiger partial charge in [-0.1, -0.05) is 0 Å². The fourth-order valence-corrected chi connectivity index (χ4v) is 3.30. The minimum Gasteiger partial charge on any atom is -0.395 e. The van der Waals surface area contributed by atoms with Crippen LogP contribution in [0.3, 0.4) is 0 Å². The highest BCUT2D eigenvalue weighted by Crippen LogP contribution is 2.29. The van der Waals surface area contributed by atoms with Gasteiger partial charge in [-0.05, 0) is 18.4 Å². The van der Waals surface area contributed by atoms with Gasteiger partial charge in [-0.15, -0.1) is 11.3 Å². The smallest absolute Gasteiger partial charge is 0.265 e. The van der Waals surface area contributed by atoms with Crippen molar-refractivity contribution in [2.24, 2.45) is 0 Å². The van der Waals surface area contributed by atoms with E-state index in [2.05, 4.69) is 4.98 Å². The van der Waals surface area contributed by atoms with E-state index in [1.807, 2.05) is 23.8 Å². The molecule has 0 aliphatic rings. The van der Waals surface area contributed by atoms with Crippen LogP contribution < -0.4 is 0 Å². The van der Waals surface area contributed by atoms with E-state index in [0.29, 0.717) is 11.4 Å². The van der Waals surface area contributed by atoms with Gasteiger partial charge in [0.15, 0.2) is 0 Å². The summed E-state index contributed by atoms with van der Waals surface area (Å²) in [5.41, 5.74) is 1.80. The van der Waals surface area contributed by atoms with Crippen LogP contribution in [0.5, 0.6) is 0 Å². The number of carbonyl (C=O) groups is 1. The Labute approximate surface area is 114 Å². The average molecular weight is 282 g/mol. The number of aromatic nitrogens is 1. The molecule has 2 rings (SSSR count). The summed E-state index contributed by atoms with van der Waals surface area (Å²) < 4.78 is 0. The predicted octanol–water partition coefficient (Wildman–Crippen LogP) is 2.24. The molecule has 0 radical (unpaired) electrons. The van der Waals surface area contributed by atoms with E-state index in [9.17, 15) is 4.79 Å². The normalized spacial score (nSPS) is 10.6. The highest BCUT2D eigenvalue weighted by Gasteiger charge is 2.19. The van der Waals surface area contributed by atoms with Crippen LogP contribution in [0.2, 0.25) is 0 Å². The number of amides is 1. The molecule has 0 unspecified atom stereocenters. The maximum Gasteiger partial charge on any atom is 0.265 e. The molecular formula is C12H14N2O2S2. The number of aliphatic hydroxyl groups excluding tert-OH is 1. The molecule has 0 aliphatic heterocycles. The van der Waals surface area contributed by atoms with Crippen LogP contribution in [0.15, 0.2) is 16.8 Å². The first-order valence-corrected chi connectivity index (χ1v) is 7.25. The number of aryl methyl sites for hydroxylation is 1. The molecule has 4 nitrogen and oxygen atoms in total. The third-order valence-electron chi connectivity index (χ3n) is 2.54. The molecule has 6 heteroatoms. The van der Waals surface area contributed by atoms with Gasteiger partial charge in [0, 0.05) is 24.5 Å². The zero-order valence-electron chi connectivity index (χ0n) is 10.2. The first kappa shape index (κ1) is 13.2. The Bertz CT molecular complexity index is 534. The molecule has 2 aromatic rings. The SMILES string of the molecule is Cc1nc(-c2ccsc2)sc1C(=O)N(C)CCO. The van der Waals surface area contributed by atoms with E-state index in [-0.39, 0.29) is 12.5 Å². The largest absolute Gasteiger partial charge is 0.395 e. The fraction of sp³-hybridized carbons (Fsp3) is 0.333. The number of likely N-dealkylation sites (N-methyl/N-ethyl adjacent to an activating group) is 1. The van der Waals surface area contributed by atoms with Crippen molar-refractivity contribution in [2.75, 3.05) is 20.2 Å². The number of aliphatic hydroxyl groups is 1. The Morgan fingerprint density at radius 1 is 1.56 bits per heavy atom. The molecular weight excluding hydrogens is 268 g/mol. The third-order valence-corrected chi connectivity index (χ3v) is 4.42. The molecule has 0 spiro atoms. The van der Waals surface area contributed by atoms with Gasteiger partial charge in [0.25, 0.3) is 5.91 Å². The lowest BCUT2D eigenvalue weighted by molar-refractivity contribution is 0.0771. The van der Waals surface area contributed by atoms with Crippen LogP contribution in [0, 0.1) is 6.92 Å². The zero-order valence-corrected chi connectivity index (χ0v) is 11.8. The van der Waals surface area contributed by atoms with Gasteiger partial charge in [0.2, 0.25) is 0 Å². The predicted molar refractivity (Wildman–Crippen MR) is 74.2 cm³/mol. The number of nitrogens with zero attached hydrogens (tertiary/aromatic N) is 2. The number of thiazole rings is 1. The summed E-state index contributed by atoms with van der Waals surface area (Å²) in [5.74, 6) is -0.0828. The Morgan fingerprint density at radius 3 is 2.94 bits per heavy atom. The van der Waals surface area contributed by atoms with Crippen molar-refractivity contribution < 1.29 is 9.90 Å². The minimum atomic E-state index is -0.0828. The van der Waals surface area contributed by atoms with Gasteiger partial charge in [-0.25, -0.2) is 4.98 Å². The van der Waals surface area contributed by atoms with E-state index in [1.165, 1.54) is 16.2 Å². The number of thiophene rings is 1. The third kappa shape index (κ3) is 2.60. The molecule has 0 atom stereocenters. The van der Waals surface area contributed by atoms with Gasteiger partial charge < -0.3 is 10.0 Å². The van der Waals surface area contributed by atoms with Gasteiger partial charge in [-0.2, -0.15) is 11.3 Å². The van der Waals surface area contributed by atoms with Crippen LogP contribution in [0.1, 0.15) is 15.4 Å². The summed E-state index contributed by atoms with van der Waals surface area (Å²) in [4.78, 5) is 18.7. The second-order valence-corrected chi connectivity index (χ2v) is 5.67. The summed E-state index contributed by atoms with van der Waals surface area (Å²) in [6.07, 6.45) is 0. The van der Waals surface area contributed by atoms with E-state index < -0.39 is 0 Å². The zero-order chi connectivity index (χ0) is 13.1. The molecule has 1 N–H and O–H groups in total. The standard InChI is InChI=1S/C12H14N2O2S2/c1-8-10(12(16)14(2)4-5-15)18-11(13-8)9-3-6-17-7-9/h3,6-7,15H,4-5H2,1-2H3. The second-order valence-electron chi connectivity index (χ2n) is 3.90. The average Bonchev–Trinajstić information content (AvgIpc) is 2.97. The lowest BCUT2D eigenvalue weighted by Crippen LogP contribution is -2.29. The summed E-state index contributed by atoms with van der Waals surface area (Å²) >= 11 is 3.01. The number of hydrogen-bond donors (Lipinski definition) is 1. The molecule has 96 valence electrons. The van der Waals surface area contributed by atoms with Crippen LogP contribution in [-0.4, -0.2) is 41.1 Å². The maximum absolute atomic E-state index is 12.1. The van der Waals surface area contributed by atoms with E-state index in [0.717, 1.165) is 16.3 Å². The Kier molecular flexibility index (Phi) is 4.11. The fourth-order valence-electron chi connectivity index (χ4n) is 1.53. The van der Waals surface area contributed by atoms with Gasteiger partial charge >= 0.3 is 0 Å². The van der Waals surface area contributed by atoms with Crippen molar-refractivity contribution in [3.05, 3.63) is 27.4 Å². The molecule has 0 bridgehead atoms. The molecule has 2 heterocycles. The minimum absolute atomic E-state index is 0.0303. The monoisotopic (exact) mass is 282 g/mol. The van der Waals surface area contributed by atoms with Crippen molar-refractivity contribution >= 4 is 28.6 Å². The second kappa shape index (κ2) is 5.60. The van der Waals surface area contributed by atoms with Crippen LogP contribution >= 0.6 is 22.7 Å². The number of hydrogen-bond acceptors (Lipinski definition) is 5. The van der Waals surface area contributed by atoms with Crippen molar-refractivity contribution in [1.82, 2.24) is 9.88 Å². The Hall–Kier alpha value is -1.24. The molecule has 0 aliphatic carbocycles. The lowest BCUT2D eigenvalue weighted by Gasteiger charge is -2.14. The first-order chi connectivity index (χ1) is 8.63. The molecule has 0 aromatic carbocycles. The molecule has 0 saturated heterocycles. The van der Waals surface area contributed by atoms with E-state index in [1.54, 1.807) is 18.4 Å². The van der Waals surface area contributed by atoms with Crippen molar-refractivity contribution in [3.8, 4) is 10.6 Å². The van der Waals surface area contributed by atoms with Gasteiger partial charge in [0.05, 0.1) is 12.3 Å². The number of carbonyl (C=O) groups excluding carboxylic acids is 1. The topological polar surface area (TPSA) is 53.4 Å². The Morgan fingerprint density at radius 2 is 2.33 bits per heavy atom. The van der Waals surface area contributed by atoms with Crippen LogP contribution in [0.25, 0.3) is 10.6 Å². The summed E-state index contributed by atoms with van der Waals surface area (Å²) in [5, 5.41) is 13.7. The molecule has 0 fully saturated rings. The van der Waals surface area contributed by atoms with E-state index in [4.69, 9.17) is 5.11 Å². The van der Waals surface area contributed by atoms with Crippen molar-refractivity contribution in [2.45, 2.75) is 6.92 Å². The highest BCUT2D eigenvalue weighted by molar-refractivity contribution is 7.17. The summed E-state index contributed by atoms with van der Waals surface area (Å²) in [6.45, 7) is 2.15. The Balaban J connectivity index is 2.27. The van der Waals surface area contributed by atoms with Crippen LogP contribution in [0.4, 0.5) is 0 Å². The quantitative estimate of drug-likeness (QED) is 0.935. The highest BCUT2D eigenvalue weighted by atomic mass is 32.1. The van der Waals surface area contributed by atoms with Gasteiger partial charge in [0.1, 0.15) is 9.88 Å². The van der Waals surface area contributed by atoms with E-state index >= 15 is 0 Å². The first-order valence-electron chi connectivity index (χ1n) is 5.49. The lowest BCUT2D eigenvalue weighted by atomic mass is 10.3. The van der Waals surface area contributed by atoms with Crippen LogP contribution in [-0.2, 0) is 0 Å². The summed E-state index contributed by atoms with van der Waals surface area (Å²) in [7, 11) is 1.68. The van der Waals surface area contributed by atoms with Gasteiger partial charge in [-0.3, -0.25) is 4.79 Å². The van der Waals surface area contributed by atoms with Crippen molar-refractivity contribution in [1.29, 1.82) is 0 Å². The number of rotatable bonds is 4. The summed E-state index contributed by atoms with van der Waals surface area (Å²) in [6, 6.07) is 1.99. The van der Waals surface area contributed by atoms with Crippen molar-refractivity contribution in [3.63, 3.8) is 0 Å². The molecule has 1 amide bonds. The molecule has 0 saturated carbocycles.